The normalized spacial score (nSPS) is 22.3. The van der Waals surface area contributed by atoms with Crippen LogP contribution < -0.4 is 0 Å². The smallest absolute Gasteiger partial charge is 0.245 e. The van der Waals surface area contributed by atoms with Gasteiger partial charge in [-0.2, -0.15) is 16.1 Å². The highest BCUT2D eigenvalue weighted by molar-refractivity contribution is 9.11. The number of thiophene rings is 1. The van der Waals surface area contributed by atoms with Gasteiger partial charge in [-0.3, -0.25) is 0 Å². The molecule has 4 nitrogen and oxygen atoms in total. The third-order valence-electron chi connectivity index (χ3n) is 2.76. The molecule has 2 rings (SSSR count). The van der Waals surface area contributed by atoms with Gasteiger partial charge in [-0.25, -0.2) is 8.42 Å². The van der Waals surface area contributed by atoms with Crippen LogP contribution in [0.4, 0.5) is 0 Å². The summed E-state index contributed by atoms with van der Waals surface area (Å²) in [6.45, 7) is 2.34. The van der Waals surface area contributed by atoms with E-state index in [-0.39, 0.29) is 17.5 Å². The van der Waals surface area contributed by atoms with E-state index in [2.05, 4.69) is 15.9 Å². The fourth-order valence-corrected chi connectivity index (χ4v) is 7.20. The number of aliphatic hydroxyl groups is 1. The molecule has 1 fully saturated rings. The molecule has 1 atom stereocenters. The van der Waals surface area contributed by atoms with Crippen LogP contribution in [0.5, 0.6) is 0 Å². The van der Waals surface area contributed by atoms with Crippen molar-refractivity contribution in [2.24, 2.45) is 0 Å². The Labute approximate surface area is 124 Å². The highest BCUT2D eigenvalue weighted by Crippen LogP contribution is 2.35. The minimum absolute atomic E-state index is 0.0122. The first-order chi connectivity index (χ1) is 8.46. The lowest BCUT2D eigenvalue weighted by Crippen LogP contribution is -2.44. The molecule has 1 aliphatic rings. The topological polar surface area (TPSA) is 57.6 Å². The molecule has 1 aliphatic heterocycles. The summed E-state index contributed by atoms with van der Waals surface area (Å²) in [5.74, 6) is 1.66. The van der Waals surface area contributed by atoms with Gasteiger partial charge in [-0.15, -0.1) is 11.3 Å². The number of hydrogen-bond donors (Lipinski definition) is 1. The van der Waals surface area contributed by atoms with Crippen molar-refractivity contribution in [3.8, 4) is 0 Å². The second kappa shape index (κ2) is 5.80. The van der Waals surface area contributed by atoms with E-state index in [9.17, 15) is 8.42 Å². The minimum Gasteiger partial charge on any atom is -0.391 e. The average molecular weight is 372 g/mol. The zero-order valence-corrected chi connectivity index (χ0v) is 13.8. The lowest BCUT2D eigenvalue weighted by molar-refractivity contribution is 0.285. The number of rotatable bonds is 3. The van der Waals surface area contributed by atoms with E-state index in [0.717, 1.165) is 11.5 Å². The largest absolute Gasteiger partial charge is 0.391 e. The van der Waals surface area contributed by atoms with Gasteiger partial charge in [0.05, 0.1) is 10.4 Å². The van der Waals surface area contributed by atoms with Crippen molar-refractivity contribution in [2.45, 2.75) is 24.5 Å². The summed E-state index contributed by atoms with van der Waals surface area (Å²) < 4.78 is 27.2. The molecule has 18 heavy (non-hydrogen) atoms. The maximum absolute atomic E-state index is 12.6. The van der Waals surface area contributed by atoms with Gasteiger partial charge in [-0.1, -0.05) is 0 Å². The van der Waals surface area contributed by atoms with Crippen molar-refractivity contribution in [3.05, 3.63) is 14.7 Å². The Bertz CT molecular complexity index is 528. The Kier molecular flexibility index (Phi) is 4.77. The first-order valence-corrected chi connectivity index (χ1v) is 9.66. The molecule has 0 bridgehead atoms. The Morgan fingerprint density at radius 3 is 2.89 bits per heavy atom. The highest BCUT2D eigenvalue weighted by atomic mass is 79.9. The zero-order chi connectivity index (χ0) is 13.3. The summed E-state index contributed by atoms with van der Waals surface area (Å²) in [4.78, 5) is 0.926. The van der Waals surface area contributed by atoms with Crippen molar-refractivity contribution in [3.63, 3.8) is 0 Å². The fraction of sp³-hybridized carbons (Fsp3) is 0.600. The van der Waals surface area contributed by atoms with E-state index >= 15 is 0 Å². The predicted octanol–water partition coefficient (Wildman–Crippen LogP) is 2.13. The molecule has 8 heteroatoms. The first kappa shape index (κ1) is 14.8. The Morgan fingerprint density at radius 1 is 1.61 bits per heavy atom. The summed E-state index contributed by atoms with van der Waals surface area (Å²) >= 11 is 6.32. The summed E-state index contributed by atoms with van der Waals surface area (Å²) in [5.41, 5.74) is 0. The molecule has 0 aromatic carbocycles. The van der Waals surface area contributed by atoms with Gasteiger partial charge in [0.15, 0.2) is 0 Å². The number of hydrogen-bond acceptors (Lipinski definition) is 5. The van der Waals surface area contributed by atoms with Crippen molar-refractivity contribution >= 4 is 49.1 Å². The third-order valence-corrected chi connectivity index (χ3v) is 8.20. The number of sulfonamides is 1. The molecule has 1 aromatic heterocycles. The van der Waals surface area contributed by atoms with Gasteiger partial charge in [0.2, 0.25) is 10.0 Å². The lowest BCUT2D eigenvalue weighted by atomic mass is 10.4. The standard InChI is InChI=1S/C10H14BrNO3S3/c1-7-6-16-3-2-12(7)18(14,15)9-4-8(5-13)17-10(9)11/h4,7,13H,2-3,5-6H2,1H3. The van der Waals surface area contributed by atoms with E-state index in [0.29, 0.717) is 15.2 Å². The van der Waals surface area contributed by atoms with Crippen LogP contribution in [-0.4, -0.2) is 41.9 Å². The number of thioether (sulfide) groups is 1. The Balaban J connectivity index is 2.37. The molecule has 1 unspecified atom stereocenters. The van der Waals surface area contributed by atoms with E-state index in [4.69, 9.17) is 5.11 Å². The van der Waals surface area contributed by atoms with Crippen molar-refractivity contribution in [1.29, 1.82) is 0 Å². The van der Waals surface area contributed by atoms with E-state index < -0.39 is 10.0 Å². The van der Waals surface area contributed by atoms with Crippen molar-refractivity contribution in [1.82, 2.24) is 4.31 Å². The van der Waals surface area contributed by atoms with Gasteiger partial charge in [0.1, 0.15) is 4.90 Å². The van der Waals surface area contributed by atoms with Crippen molar-refractivity contribution < 1.29 is 13.5 Å². The Morgan fingerprint density at radius 2 is 2.33 bits per heavy atom. The maximum atomic E-state index is 12.6. The summed E-state index contributed by atoms with van der Waals surface area (Å²) in [5, 5.41) is 9.08. The summed E-state index contributed by atoms with van der Waals surface area (Å²) in [6.07, 6.45) is 0. The predicted molar refractivity (Wildman–Crippen MR) is 78.6 cm³/mol. The Hall–Kier alpha value is 0.400. The van der Waals surface area contributed by atoms with E-state index in [1.807, 2.05) is 6.92 Å². The fourth-order valence-electron chi connectivity index (χ4n) is 1.85. The molecule has 102 valence electrons. The van der Waals surface area contributed by atoms with Crippen LogP contribution in [0.1, 0.15) is 11.8 Å². The monoisotopic (exact) mass is 371 g/mol. The molecule has 0 amide bonds. The van der Waals surface area contributed by atoms with Gasteiger partial charge in [0, 0.05) is 29.0 Å². The quantitative estimate of drug-likeness (QED) is 0.883. The number of nitrogens with zero attached hydrogens (tertiary/aromatic N) is 1. The van der Waals surface area contributed by atoms with Crippen LogP contribution in [0, 0.1) is 0 Å². The zero-order valence-electron chi connectivity index (χ0n) is 9.80. The van der Waals surface area contributed by atoms with Crippen LogP contribution in [-0.2, 0) is 16.6 Å². The second-order valence-corrected chi connectivity index (χ2v) is 9.51. The van der Waals surface area contributed by atoms with Gasteiger partial charge >= 0.3 is 0 Å². The molecular formula is C10H14BrNO3S3. The van der Waals surface area contributed by atoms with Crippen LogP contribution >= 0.6 is 39.0 Å². The second-order valence-electron chi connectivity index (χ2n) is 4.05. The van der Waals surface area contributed by atoms with Crippen LogP contribution in [0.25, 0.3) is 0 Å². The first-order valence-electron chi connectivity index (χ1n) is 5.45. The van der Waals surface area contributed by atoms with E-state index in [1.165, 1.54) is 11.3 Å². The minimum atomic E-state index is -3.46. The van der Waals surface area contributed by atoms with Crippen LogP contribution in [0.2, 0.25) is 0 Å². The molecule has 0 spiro atoms. The van der Waals surface area contributed by atoms with Gasteiger partial charge < -0.3 is 5.11 Å². The molecule has 0 radical (unpaired) electrons. The number of aliphatic hydroxyl groups excluding tert-OH is 1. The average Bonchev–Trinajstić information content (AvgIpc) is 2.71. The molecular weight excluding hydrogens is 358 g/mol. The van der Waals surface area contributed by atoms with Gasteiger partial charge in [-0.05, 0) is 28.9 Å². The van der Waals surface area contributed by atoms with E-state index in [1.54, 1.807) is 22.1 Å². The van der Waals surface area contributed by atoms with Crippen LogP contribution in [0.3, 0.4) is 0 Å². The maximum Gasteiger partial charge on any atom is 0.245 e. The SMILES string of the molecule is CC1CSCCN1S(=O)(=O)c1cc(CO)sc1Br. The van der Waals surface area contributed by atoms with Gasteiger partial charge in [0.25, 0.3) is 0 Å². The third kappa shape index (κ3) is 2.78. The molecule has 1 saturated heterocycles. The molecule has 0 aliphatic carbocycles. The summed E-state index contributed by atoms with van der Waals surface area (Å²) in [6, 6.07) is 1.57. The highest BCUT2D eigenvalue weighted by Gasteiger charge is 2.33. The van der Waals surface area contributed by atoms with Crippen molar-refractivity contribution in [2.75, 3.05) is 18.1 Å². The lowest BCUT2D eigenvalue weighted by Gasteiger charge is -2.31. The van der Waals surface area contributed by atoms with Crippen LogP contribution in [0.15, 0.2) is 14.7 Å². The molecule has 0 saturated carbocycles. The molecule has 1 aromatic rings. The number of halogens is 1. The summed E-state index contributed by atoms with van der Waals surface area (Å²) in [7, 11) is -3.46. The molecule has 1 N–H and O–H groups in total. The molecule has 2 heterocycles.